The number of nitriles is 1. The topological polar surface area (TPSA) is 73.1 Å². The van der Waals surface area contributed by atoms with E-state index in [1.165, 1.54) is 0 Å². The first-order chi connectivity index (χ1) is 9.69. The summed E-state index contributed by atoms with van der Waals surface area (Å²) in [6.45, 7) is 0.632. The lowest BCUT2D eigenvalue weighted by Crippen LogP contribution is -2.43. The normalized spacial score (nSPS) is 31.1. The molecular formula is C16H18N2O2. The van der Waals surface area contributed by atoms with E-state index in [1.54, 1.807) is 6.07 Å². The highest BCUT2D eigenvalue weighted by atomic mass is 16.4. The number of carboxylic acids is 1. The van der Waals surface area contributed by atoms with E-state index in [0.29, 0.717) is 23.9 Å². The van der Waals surface area contributed by atoms with Crippen LogP contribution in [0.2, 0.25) is 0 Å². The number of rotatable bonds is 4. The molecule has 2 fully saturated rings. The molecule has 0 saturated heterocycles. The van der Waals surface area contributed by atoms with Crippen molar-refractivity contribution < 1.29 is 9.90 Å². The van der Waals surface area contributed by atoms with Crippen molar-refractivity contribution in [2.45, 2.75) is 31.8 Å². The molecule has 2 aliphatic carbocycles. The second-order valence-electron chi connectivity index (χ2n) is 5.92. The maximum absolute atomic E-state index is 11.4. The zero-order valence-corrected chi connectivity index (χ0v) is 11.2. The number of fused-ring (bicyclic) bond motifs is 2. The molecule has 4 atom stereocenters. The Balaban J connectivity index is 1.68. The van der Waals surface area contributed by atoms with Crippen molar-refractivity contribution in [2.75, 3.05) is 0 Å². The number of hydrogen-bond donors (Lipinski definition) is 2. The van der Waals surface area contributed by atoms with Gasteiger partial charge in [0.15, 0.2) is 0 Å². The zero-order chi connectivity index (χ0) is 14.1. The summed E-state index contributed by atoms with van der Waals surface area (Å²) < 4.78 is 0. The monoisotopic (exact) mass is 270 g/mol. The summed E-state index contributed by atoms with van der Waals surface area (Å²) in [5.41, 5.74) is 1.68. The van der Waals surface area contributed by atoms with Gasteiger partial charge in [0.25, 0.3) is 0 Å². The average Bonchev–Trinajstić information content (AvgIpc) is 3.05. The van der Waals surface area contributed by atoms with Gasteiger partial charge in [-0.3, -0.25) is 4.79 Å². The number of carboxylic acid groups (broad SMARTS) is 1. The maximum Gasteiger partial charge on any atom is 0.308 e. The van der Waals surface area contributed by atoms with Crippen LogP contribution in [0.3, 0.4) is 0 Å². The van der Waals surface area contributed by atoms with Gasteiger partial charge < -0.3 is 10.4 Å². The van der Waals surface area contributed by atoms with E-state index in [-0.39, 0.29) is 12.0 Å². The third-order valence-electron chi connectivity index (χ3n) is 4.80. The quantitative estimate of drug-likeness (QED) is 0.879. The Hall–Kier alpha value is -1.86. The molecule has 4 unspecified atom stereocenters. The van der Waals surface area contributed by atoms with Crippen LogP contribution in [-0.2, 0) is 11.3 Å². The summed E-state index contributed by atoms with van der Waals surface area (Å²) in [5.74, 6) is -0.0610. The molecule has 3 rings (SSSR count). The standard InChI is InChI=1S/C16H18N2O2/c17-8-10-2-1-3-11(6-10)9-18-15-13-5-4-12(7-13)14(15)16(19)20/h1-3,6,12-15,18H,4-5,7,9H2,(H,19,20). The lowest BCUT2D eigenvalue weighted by Gasteiger charge is -2.29. The minimum Gasteiger partial charge on any atom is -0.481 e. The van der Waals surface area contributed by atoms with Crippen LogP contribution in [0.15, 0.2) is 24.3 Å². The Kier molecular flexibility index (Phi) is 3.45. The van der Waals surface area contributed by atoms with Gasteiger partial charge >= 0.3 is 5.97 Å². The molecule has 104 valence electrons. The predicted octanol–water partition coefficient (Wildman–Crippen LogP) is 2.15. The molecule has 2 saturated carbocycles. The Labute approximate surface area is 118 Å². The highest BCUT2D eigenvalue weighted by molar-refractivity contribution is 5.72. The first kappa shape index (κ1) is 13.1. The van der Waals surface area contributed by atoms with E-state index in [4.69, 9.17) is 5.26 Å². The summed E-state index contributed by atoms with van der Waals surface area (Å²) in [5, 5.41) is 21.7. The maximum atomic E-state index is 11.4. The molecule has 0 heterocycles. The highest BCUT2D eigenvalue weighted by Gasteiger charge is 2.50. The summed E-state index contributed by atoms with van der Waals surface area (Å²) in [6, 6.07) is 9.68. The molecule has 0 spiro atoms. The average molecular weight is 270 g/mol. The second-order valence-corrected chi connectivity index (χ2v) is 5.92. The van der Waals surface area contributed by atoms with Crippen LogP contribution in [0.4, 0.5) is 0 Å². The van der Waals surface area contributed by atoms with Gasteiger partial charge in [0.1, 0.15) is 0 Å². The van der Waals surface area contributed by atoms with Crippen LogP contribution in [0, 0.1) is 29.1 Å². The third kappa shape index (κ3) is 2.30. The van der Waals surface area contributed by atoms with Crippen molar-refractivity contribution in [1.82, 2.24) is 5.32 Å². The molecule has 2 aliphatic rings. The van der Waals surface area contributed by atoms with Crippen molar-refractivity contribution in [2.24, 2.45) is 17.8 Å². The Morgan fingerprint density at radius 2 is 2.20 bits per heavy atom. The largest absolute Gasteiger partial charge is 0.481 e. The summed E-state index contributed by atoms with van der Waals surface area (Å²) in [4.78, 5) is 11.4. The number of benzene rings is 1. The van der Waals surface area contributed by atoms with Gasteiger partial charge in [0, 0.05) is 12.6 Å². The number of aliphatic carboxylic acids is 1. The van der Waals surface area contributed by atoms with Gasteiger partial charge in [-0.05, 0) is 48.8 Å². The fraction of sp³-hybridized carbons (Fsp3) is 0.500. The fourth-order valence-corrected chi connectivity index (χ4v) is 3.93. The van der Waals surface area contributed by atoms with Crippen LogP contribution in [-0.4, -0.2) is 17.1 Å². The van der Waals surface area contributed by atoms with Crippen molar-refractivity contribution in [3.63, 3.8) is 0 Å². The van der Waals surface area contributed by atoms with Gasteiger partial charge in [0.05, 0.1) is 17.6 Å². The smallest absolute Gasteiger partial charge is 0.308 e. The Morgan fingerprint density at radius 3 is 2.95 bits per heavy atom. The van der Waals surface area contributed by atoms with Crippen molar-refractivity contribution in [3.8, 4) is 6.07 Å². The molecule has 20 heavy (non-hydrogen) atoms. The number of hydrogen-bond acceptors (Lipinski definition) is 3. The highest BCUT2D eigenvalue weighted by Crippen LogP contribution is 2.48. The minimum atomic E-state index is -0.666. The van der Waals surface area contributed by atoms with E-state index in [9.17, 15) is 9.90 Å². The molecule has 4 nitrogen and oxygen atoms in total. The molecule has 0 aromatic heterocycles. The summed E-state index contributed by atoms with van der Waals surface area (Å²) >= 11 is 0. The summed E-state index contributed by atoms with van der Waals surface area (Å²) in [7, 11) is 0. The molecule has 2 N–H and O–H groups in total. The number of nitrogens with one attached hydrogen (secondary N) is 1. The lowest BCUT2D eigenvalue weighted by atomic mass is 9.84. The zero-order valence-electron chi connectivity index (χ0n) is 11.2. The van der Waals surface area contributed by atoms with Crippen LogP contribution >= 0.6 is 0 Å². The Morgan fingerprint density at radius 1 is 1.40 bits per heavy atom. The molecule has 1 aromatic rings. The van der Waals surface area contributed by atoms with Crippen molar-refractivity contribution >= 4 is 5.97 Å². The molecule has 0 aliphatic heterocycles. The molecule has 1 aromatic carbocycles. The molecule has 4 heteroatoms. The minimum absolute atomic E-state index is 0.0805. The summed E-state index contributed by atoms with van der Waals surface area (Å²) in [6.07, 6.45) is 3.25. The Bertz CT molecular complexity index is 564. The van der Waals surface area contributed by atoms with Gasteiger partial charge in [-0.1, -0.05) is 12.1 Å². The van der Waals surface area contributed by atoms with Crippen LogP contribution < -0.4 is 5.32 Å². The van der Waals surface area contributed by atoms with Crippen LogP contribution in [0.5, 0.6) is 0 Å². The first-order valence-corrected chi connectivity index (χ1v) is 7.14. The van der Waals surface area contributed by atoms with E-state index in [0.717, 1.165) is 24.8 Å². The van der Waals surface area contributed by atoms with Crippen LogP contribution in [0.25, 0.3) is 0 Å². The van der Waals surface area contributed by atoms with E-state index >= 15 is 0 Å². The van der Waals surface area contributed by atoms with E-state index < -0.39 is 5.97 Å². The first-order valence-electron chi connectivity index (χ1n) is 7.14. The van der Waals surface area contributed by atoms with Gasteiger partial charge in [-0.2, -0.15) is 5.26 Å². The third-order valence-corrected chi connectivity index (χ3v) is 4.80. The second kappa shape index (κ2) is 5.26. The number of nitrogens with zero attached hydrogens (tertiary/aromatic N) is 1. The molecule has 0 radical (unpaired) electrons. The van der Waals surface area contributed by atoms with Crippen LogP contribution in [0.1, 0.15) is 30.4 Å². The SMILES string of the molecule is N#Cc1cccc(CNC2C3CCC(C3)C2C(=O)O)c1. The molecule has 2 bridgehead atoms. The van der Waals surface area contributed by atoms with E-state index in [1.807, 2.05) is 18.2 Å². The molecular weight excluding hydrogens is 252 g/mol. The van der Waals surface area contributed by atoms with E-state index in [2.05, 4.69) is 11.4 Å². The lowest BCUT2D eigenvalue weighted by molar-refractivity contribution is -0.144. The number of carbonyl (C=O) groups is 1. The van der Waals surface area contributed by atoms with Gasteiger partial charge in [0.2, 0.25) is 0 Å². The van der Waals surface area contributed by atoms with Crippen molar-refractivity contribution in [1.29, 1.82) is 5.26 Å². The van der Waals surface area contributed by atoms with Gasteiger partial charge in [-0.25, -0.2) is 0 Å². The molecule has 0 amide bonds. The predicted molar refractivity (Wildman–Crippen MR) is 73.7 cm³/mol. The fourth-order valence-electron chi connectivity index (χ4n) is 3.93. The van der Waals surface area contributed by atoms with Gasteiger partial charge in [-0.15, -0.1) is 0 Å². The van der Waals surface area contributed by atoms with Crippen molar-refractivity contribution in [3.05, 3.63) is 35.4 Å².